The third-order valence-electron chi connectivity index (χ3n) is 6.10. The van der Waals surface area contributed by atoms with Crippen molar-refractivity contribution < 1.29 is 9.53 Å². The van der Waals surface area contributed by atoms with Gasteiger partial charge >= 0.3 is 0 Å². The Morgan fingerprint density at radius 3 is 2.67 bits per heavy atom. The zero-order chi connectivity index (χ0) is 18.4. The van der Waals surface area contributed by atoms with Crippen molar-refractivity contribution in [1.29, 1.82) is 0 Å². The molecule has 1 amide bonds. The Balaban J connectivity index is 1.61. The van der Waals surface area contributed by atoms with Gasteiger partial charge in [0.15, 0.2) is 0 Å². The van der Waals surface area contributed by atoms with Crippen LogP contribution >= 0.6 is 0 Å². The quantitative estimate of drug-likeness (QED) is 0.754. The fraction of sp³-hybridized carbons (Fsp3) is 0.273. The standard InChI is InChI=1S/C22H21N3O2/c1-27-18-6-7-19-16(10-18)11-22(8-9-23-21(22)26)20(19)15-4-2-14(3-5-15)17-12-24-25-13-17/h2-7,10,12-13,20H,8-9,11H2,1H3,(H,23,26)(H,24,25). The van der Waals surface area contributed by atoms with Crippen LogP contribution in [-0.2, 0) is 11.2 Å². The van der Waals surface area contributed by atoms with E-state index in [0.29, 0.717) is 0 Å². The van der Waals surface area contributed by atoms with Crippen molar-refractivity contribution in [2.75, 3.05) is 13.7 Å². The van der Waals surface area contributed by atoms with Crippen LogP contribution < -0.4 is 10.1 Å². The highest BCUT2D eigenvalue weighted by Crippen LogP contribution is 2.55. The number of aromatic amines is 1. The number of hydrogen-bond acceptors (Lipinski definition) is 3. The van der Waals surface area contributed by atoms with Gasteiger partial charge in [-0.1, -0.05) is 30.3 Å². The summed E-state index contributed by atoms with van der Waals surface area (Å²) < 4.78 is 5.41. The van der Waals surface area contributed by atoms with Crippen LogP contribution in [0.2, 0.25) is 0 Å². The van der Waals surface area contributed by atoms with Crippen LogP contribution in [0.4, 0.5) is 0 Å². The third kappa shape index (κ3) is 2.38. The van der Waals surface area contributed by atoms with Gasteiger partial charge in [-0.05, 0) is 47.2 Å². The Labute approximate surface area is 157 Å². The topological polar surface area (TPSA) is 67.0 Å². The minimum absolute atomic E-state index is 0.0688. The van der Waals surface area contributed by atoms with Gasteiger partial charge in [0.05, 0.1) is 18.7 Å². The highest BCUT2D eigenvalue weighted by Gasteiger charge is 2.54. The third-order valence-corrected chi connectivity index (χ3v) is 6.10. The van der Waals surface area contributed by atoms with Gasteiger partial charge in [-0.15, -0.1) is 0 Å². The minimum Gasteiger partial charge on any atom is -0.497 e. The lowest BCUT2D eigenvalue weighted by atomic mass is 9.71. The van der Waals surface area contributed by atoms with E-state index in [1.54, 1.807) is 7.11 Å². The molecule has 5 nitrogen and oxygen atoms in total. The second kappa shape index (κ2) is 5.98. The van der Waals surface area contributed by atoms with Gasteiger partial charge in [0.1, 0.15) is 5.75 Å². The molecular formula is C22H21N3O2. The maximum atomic E-state index is 12.9. The molecule has 136 valence electrons. The fourth-order valence-corrected chi connectivity index (χ4v) is 4.79. The molecule has 0 radical (unpaired) electrons. The molecule has 1 fully saturated rings. The number of ether oxygens (including phenoxy) is 1. The molecule has 2 aliphatic rings. The van der Waals surface area contributed by atoms with Crippen LogP contribution in [0.3, 0.4) is 0 Å². The molecule has 0 saturated carbocycles. The second-order valence-corrected chi connectivity index (χ2v) is 7.45. The molecule has 2 heterocycles. The maximum absolute atomic E-state index is 12.9. The van der Waals surface area contributed by atoms with Crippen molar-refractivity contribution in [2.45, 2.75) is 18.8 Å². The molecule has 0 bridgehead atoms. The number of carbonyl (C=O) groups is 1. The van der Waals surface area contributed by atoms with E-state index in [-0.39, 0.29) is 11.8 Å². The largest absolute Gasteiger partial charge is 0.497 e. The minimum atomic E-state index is -0.397. The Kier molecular flexibility index (Phi) is 3.57. The van der Waals surface area contributed by atoms with Gasteiger partial charge in [0.25, 0.3) is 0 Å². The Hall–Kier alpha value is -3.08. The van der Waals surface area contributed by atoms with Crippen LogP contribution in [0.25, 0.3) is 11.1 Å². The van der Waals surface area contributed by atoms with Crippen LogP contribution in [0, 0.1) is 5.41 Å². The van der Waals surface area contributed by atoms with Gasteiger partial charge in [-0.3, -0.25) is 9.89 Å². The van der Waals surface area contributed by atoms with E-state index in [1.807, 2.05) is 18.5 Å². The predicted molar refractivity (Wildman–Crippen MR) is 103 cm³/mol. The van der Waals surface area contributed by atoms with Crippen LogP contribution in [0.15, 0.2) is 54.9 Å². The first-order valence-corrected chi connectivity index (χ1v) is 9.25. The molecule has 5 heteroatoms. The van der Waals surface area contributed by atoms with Gasteiger partial charge < -0.3 is 10.1 Å². The van der Waals surface area contributed by atoms with Crippen molar-refractivity contribution >= 4 is 5.91 Å². The van der Waals surface area contributed by atoms with Crippen molar-refractivity contribution in [3.63, 3.8) is 0 Å². The van der Waals surface area contributed by atoms with Gasteiger partial charge in [0.2, 0.25) is 5.91 Å². The molecule has 1 aliphatic carbocycles. The highest BCUT2D eigenvalue weighted by molar-refractivity contribution is 5.88. The molecule has 2 atom stereocenters. The van der Waals surface area contributed by atoms with Gasteiger partial charge in [-0.2, -0.15) is 5.10 Å². The van der Waals surface area contributed by atoms with Crippen molar-refractivity contribution in [3.8, 4) is 16.9 Å². The number of nitrogens with zero attached hydrogens (tertiary/aromatic N) is 1. The molecule has 2 unspecified atom stereocenters. The van der Waals surface area contributed by atoms with Crippen molar-refractivity contribution in [1.82, 2.24) is 15.5 Å². The smallest absolute Gasteiger partial charge is 0.227 e. The number of benzene rings is 2. The van der Waals surface area contributed by atoms with Crippen LogP contribution in [-0.4, -0.2) is 29.8 Å². The molecular weight excluding hydrogens is 338 g/mol. The molecule has 27 heavy (non-hydrogen) atoms. The number of rotatable bonds is 3. The average Bonchev–Trinajstić information content (AvgIpc) is 3.42. The Morgan fingerprint density at radius 1 is 1.15 bits per heavy atom. The predicted octanol–water partition coefficient (Wildman–Crippen LogP) is 3.28. The summed E-state index contributed by atoms with van der Waals surface area (Å²) in [5, 5.41) is 9.94. The lowest BCUT2D eigenvalue weighted by Gasteiger charge is -2.29. The first kappa shape index (κ1) is 16.1. The normalized spacial score (nSPS) is 23.4. The maximum Gasteiger partial charge on any atom is 0.227 e. The fourth-order valence-electron chi connectivity index (χ4n) is 4.79. The van der Waals surface area contributed by atoms with Gasteiger partial charge in [0, 0.05) is 24.2 Å². The van der Waals surface area contributed by atoms with Crippen molar-refractivity contribution in [3.05, 3.63) is 71.5 Å². The Bertz CT molecular complexity index is 995. The summed E-state index contributed by atoms with van der Waals surface area (Å²) in [7, 11) is 1.68. The van der Waals surface area contributed by atoms with E-state index in [4.69, 9.17) is 4.74 Å². The van der Waals surface area contributed by atoms with E-state index < -0.39 is 5.41 Å². The number of nitrogens with one attached hydrogen (secondary N) is 2. The van der Waals surface area contributed by atoms with Gasteiger partial charge in [-0.25, -0.2) is 0 Å². The molecule has 1 spiro atoms. The SMILES string of the molecule is COc1ccc2c(c1)CC1(CCNC1=O)C2c1ccc(-c2cn[nH]c2)cc1. The highest BCUT2D eigenvalue weighted by atomic mass is 16.5. The van der Waals surface area contributed by atoms with Crippen molar-refractivity contribution in [2.24, 2.45) is 5.41 Å². The molecule has 1 saturated heterocycles. The summed E-state index contributed by atoms with van der Waals surface area (Å²) in [6, 6.07) is 14.7. The molecule has 1 aliphatic heterocycles. The zero-order valence-corrected chi connectivity index (χ0v) is 15.2. The molecule has 5 rings (SSSR count). The van der Waals surface area contributed by atoms with E-state index in [1.165, 1.54) is 16.7 Å². The monoisotopic (exact) mass is 359 g/mol. The molecule has 1 aromatic heterocycles. The van der Waals surface area contributed by atoms with E-state index in [9.17, 15) is 4.79 Å². The molecule has 2 N–H and O–H groups in total. The number of H-pyrrole nitrogens is 1. The number of hydrogen-bond donors (Lipinski definition) is 2. The first-order chi connectivity index (χ1) is 13.2. The van der Waals surface area contributed by atoms with E-state index in [2.05, 4.69) is 51.9 Å². The number of carbonyl (C=O) groups excluding carboxylic acids is 1. The summed E-state index contributed by atoms with van der Waals surface area (Å²) in [6.07, 6.45) is 5.33. The Morgan fingerprint density at radius 2 is 2.00 bits per heavy atom. The summed E-state index contributed by atoms with van der Waals surface area (Å²) in [5.74, 6) is 1.08. The summed E-state index contributed by atoms with van der Waals surface area (Å²) in [6.45, 7) is 0.744. The van der Waals surface area contributed by atoms with E-state index in [0.717, 1.165) is 36.3 Å². The number of fused-ring (bicyclic) bond motifs is 1. The first-order valence-electron chi connectivity index (χ1n) is 9.25. The molecule has 2 aromatic carbocycles. The van der Waals surface area contributed by atoms with E-state index >= 15 is 0 Å². The average molecular weight is 359 g/mol. The summed E-state index contributed by atoms with van der Waals surface area (Å²) in [4.78, 5) is 12.9. The summed E-state index contributed by atoms with van der Waals surface area (Å²) in [5.41, 5.74) is 5.42. The number of amides is 1. The number of methoxy groups -OCH3 is 1. The second-order valence-electron chi connectivity index (χ2n) is 7.45. The number of aromatic nitrogens is 2. The van der Waals surface area contributed by atoms with Crippen LogP contribution in [0.5, 0.6) is 5.75 Å². The molecule has 3 aromatic rings. The lowest BCUT2D eigenvalue weighted by molar-refractivity contribution is -0.127. The lowest BCUT2D eigenvalue weighted by Crippen LogP contribution is -2.35. The zero-order valence-electron chi connectivity index (χ0n) is 15.2. The summed E-state index contributed by atoms with van der Waals surface area (Å²) >= 11 is 0. The van der Waals surface area contributed by atoms with Crippen LogP contribution in [0.1, 0.15) is 29.0 Å².